The first kappa shape index (κ1) is 33.6. The molecule has 3 heteroatoms. The van der Waals surface area contributed by atoms with Crippen molar-refractivity contribution in [2.24, 2.45) is 0 Å². The molecule has 7 aromatic carbocycles. The molecule has 2 nitrogen and oxygen atoms in total. The van der Waals surface area contributed by atoms with Crippen LogP contribution in [0.4, 0.5) is 4.39 Å². The smallest absolute Gasteiger partial charge is 0.123 e. The van der Waals surface area contributed by atoms with E-state index in [-0.39, 0.29) is 5.82 Å². The first-order valence-electron chi connectivity index (χ1n) is 18.4. The van der Waals surface area contributed by atoms with Crippen molar-refractivity contribution < 1.29 is 4.39 Å². The molecule has 9 aromatic rings. The van der Waals surface area contributed by atoms with Crippen molar-refractivity contribution in [3.63, 3.8) is 0 Å². The van der Waals surface area contributed by atoms with Gasteiger partial charge in [0.15, 0.2) is 0 Å². The van der Waals surface area contributed by atoms with Crippen molar-refractivity contribution in [1.29, 1.82) is 0 Å². The second kappa shape index (κ2) is 15.0. The van der Waals surface area contributed by atoms with Gasteiger partial charge in [0.2, 0.25) is 0 Å². The van der Waals surface area contributed by atoms with Crippen molar-refractivity contribution in [2.75, 3.05) is 0 Å². The summed E-state index contributed by atoms with van der Waals surface area (Å²) in [4.78, 5) is 9.76. The van der Waals surface area contributed by atoms with Gasteiger partial charge in [0.25, 0.3) is 0 Å². The van der Waals surface area contributed by atoms with E-state index in [4.69, 9.17) is 9.97 Å². The van der Waals surface area contributed by atoms with E-state index in [1.165, 1.54) is 12.1 Å². The van der Waals surface area contributed by atoms with Crippen LogP contribution in [0, 0.1) is 5.82 Å². The highest BCUT2D eigenvalue weighted by molar-refractivity contribution is 5.94. The number of benzene rings is 7. The summed E-state index contributed by atoms with van der Waals surface area (Å²) < 4.78 is 14.1. The van der Waals surface area contributed by atoms with Crippen molar-refractivity contribution in [1.82, 2.24) is 9.97 Å². The molecule has 260 valence electrons. The monoisotopic (exact) mass is 706 g/mol. The standard InChI is InChI=1S/C52H35FN2/c53-44-27-23-36(24-28-44)45-17-7-10-20-48(45)41-31-42(49-21-11-8-18-46(49)39-25-29-51(54-34-39)37-13-3-1-4-14-37)33-43(32-41)50-22-12-9-19-47(50)40-26-30-52(55-35-40)38-15-5-2-6-16-38/h1-35H. The lowest BCUT2D eigenvalue weighted by molar-refractivity contribution is 0.628. The molecule has 2 aromatic heterocycles. The van der Waals surface area contributed by atoms with Crippen LogP contribution < -0.4 is 0 Å². The summed E-state index contributed by atoms with van der Waals surface area (Å²) >= 11 is 0. The molecule has 0 bridgehead atoms. The Morgan fingerprint density at radius 2 is 0.564 bits per heavy atom. The van der Waals surface area contributed by atoms with Gasteiger partial charge in [-0.2, -0.15) is 0 Å². The number of aromatic nitrogens is 2. The fourth-order valence-corrected chi connectivity index (χ4v) is 7.35. The molecule has 0 atom stereocenters. The molecule has 0 aliphatic rings. The highest BCUT2D eigenvalue weighted by atomic mass is 19.1. The topological polar surface area (TPSA) is 25.8 Å². The predicted molar refractivity (Wildman–Crippen MR) is 225 cm³/mol. The fourth-order valence-electron chi connectivity index (χ4n) is 7.35. The Morgan fingerprint density at radius 1 is 0.255 bits per heavy atom. The molecule has 9 rings (SSSR count). The van der Waals surface area contributed by atoms with Crippen LogP contribution in [-0.4, -0.2) is 9.97 Å². The van der Waals surface area contributed by atoms with Gasteiger partial charge in [0, 0.05) is 34.6 Å². The zero-order chi connectivity index (χ0) is 37.0. The van der Waals surface area contributed by atoms with Crippen LogP contribution in [0.1, 0.15) is 0 Å². The Balaban J connectivity index is 1.21. The van der Waals surface area contributed by atoms with E-state index in [0.29, 0.717) is 0 Å². The third kappa shape index (κ3) is 6.99. The molecule has 0 aliphatic heterocycles. The largest absolute Gasteiger partial charge is 0.256 e. The van der Waals surface area contributed by atoms with E-state index in [0.717, 1.165) is 89.3 Å². The number of nitrogens with zero attached hydrogens (tertiary/aromatic N) is 2. The van der Waals surface area contributed by atoms with Crippen molar-refractivity contribution in [2.45, 2.75) is 0 Å². The minimum atomic E-state index is -0.253. The van der Waals surface area contributed by atoms with E-state index < -0.39 is 0 Å². The molecule has 0 fully saturated rings. The van der Waals surface area contributed by atoms with Crippen LogP contribution in [0.3, 0.4) is 0 Å². The third-order valence-electron chi connectivity index (χ3n) is 10.1. The Bertz CT molecular complexity index is 2580. The van der Waals surface area contributed by atoms with Gasteiger partial charge in [0.1, 0.15) is 5.82 Å². The van der Waals surface area contributed by atoms with Crippen LogP contribution in [0.15, 0.2) is 213 Å². The maximum atomic E-state index is 14.1. The summed E-state index contributed by atoms with van der Waals surface area (Å²) in [6.07, 6.45) is 3.94. The van der Waals surface area contributed by atoms with E-state index >= 15 is 0 Å². The maximum absolute atomic E-state index is 14.1. The van der Waals surface area contributed by atoms with E-state index in [9.17, 15) is 4.39 Å². The van der Waals surface area contributed by atoms with Gasteiger partial charge in [-0.25, -0.2) is 4.39 Å². The average molecular weight is 707 g/mol. The molecule has 0 aliphatic carbocycles. The van der Waals surface area contributed by atoms with Gasteiger partial charge < -0.3 is 0 Å². The Morgan fingerprint density at radius 3 is 0.909 bits per heavy atom. The van der Waals surface area contributed by atoms with E-state index in [1.54, 1.807) is 0 Å². The summed E-state index contributed by atoms with van der Waals surface area (Å²) in [6.45, 7) is 0. The molecule has 0 spiro atoms. The Labute approximate surface area is 320 Å². The van der Waals surface area contributed by atoms with E-state index in [1.807, 2.05) is 67.0 Å². The molecular weight excluding hydrogens is 672 g/mol. The Kier molecular flexibility index (Phi) is 9.17. The summed E-state index contributed by atoms with van der Waals surface area (Å²) in [5, 5.41) is 0. The molecule has 0 unspecified atom stereocenters. The lowest BCUT2D eigenvalue weighted by Crippen LogP contribution is -1.93. The molecule has 2 heterocycles. The first-order chi connectivity index (χ1) is 27.2. The highest BCUT2D eigenvalue weighted by Gasteiger charge is 2.16. The van der Waals surface area contributed by atoms with Gasteiger partial charge >= 0.3 is 0 Å². The number of hydrogen-bond acceptors (Lipinski definition) is 2. The highest BCUT2D eigenvalue weighted by Crippen LogP contribution is 2.42. The van der Waals surface area contributed by atoms with Gasteiger partial charge in [-0.3, -0.25) is 9.97 Å². The van der Waals surface area contributed by atoms with Crippen LogP contribution in [0.2, 0.25) is 0 Å². The second-order valence-electron chi connectivity index (χ2n) is 13.5. The summed E-state index contributed by atoms with van der Waals surface area (Å²) in [5.74, 6) is -0.253. The van der Waals surface area contributed by atoms with Gasteiger partial charge in [-0.1, -0.05) is 158 Å². The van der Waals surface area contributed by atoms with E-state index in [2.05, 4.69) is 133 Å². The average Bonchev–Trinajstić information content (AvgIpc) is 3.27. The molecule has 0 amide bonds. The zero-order valence-electron chi connectivity index (χ0n) is 30.0. The minimum Gasteiger partial charge on any atom is -0.256 e. The number of hydrogen-bond donors (Lipinski definition) is 0. The van der Waals surface area contributed by atoms with Crippen LogP contribution in [0.25, 0.3) is 89.3 Å². The number of pyridine rings is 2. The van der Waals surface area contributed by atoms with Gasteiger partial charge in [-0.05, 0) is 98.1 Å². The summed E-state index contributed by atoms with van der Waals surface area (Å²) in [6, 6.07) is 68.0. The zero-order valence-corrected chi connectivity index (χ0v) is 30.0. The van der Waals surface area contributed by atoms with Crippen LogP contribution in [0.5, 0.6) is 0 Å². The first-order valence-corrected chi connectivity index (χ1v) is 18.4. The van der Waals surface area contributed by atoms with Gasteiger partial charge in [0.05, 0.1) is 11.4 Å². The van der Waals surface area contributed by atoms with Gasteiger partial charge in [-0.15, -0.1) is 0 Å². The van der Waals surface area contributed by atoms with Crippen LogP contribution >= 0.6 is 0 Å². The maximum Gasteiger partial charge on any atom is 0.123 e. The molecular formula is C52H35FN2. The Hall–Kier alpha value is -7.23. The summed E-state index contributed by atoms with van der Waals surface area (Å²) in [5.41, 5.74) is 16.8. The quantitative estimate of drug-likeness (QED) is 0.157. The van der Waals surface area contributed by atoms with Crippen molar-refractivity contribution in [3.05, 3.63) is 218 Å². The van der Waals surface area contributed by atoms with Crippen LogP contribution in [-0.2, 0) is 0 Å². The third-order valence-corrected chi connectivity index (χ3v) is 10.1. The number of halogens is 1. The normalized spacial score (nSPS) is 11.0. The SMILES string of the molecule is Fc1ccc(-c2ccccc2-c2cc(-c3ccccc3-c3ccc(-c4ccccc4)nc3)cc(-c3ccccc3-c3ccc(-c4ccccc4)nc3)c2)cc1. The molecule has 55 heavy (non-hydrogen) atoms. The predicted octanol–water partition coefficient (Wildman–Crippen LogP) is 14.0. The molecule has 0 N–H and O–H groups in total. The molecule has 0 radical (unpaired) electrons. The molecule has 0 saturated carbocycles. The number of rotatable bonds is 8. The molecule has 0 saturated heterocycles. The minimum absolute atomic E-state index is 0.253. The lowest BCUT2D eigenvalue weighted by Gasteiger charge is -2.18. The lowest BCUT2D eigenvalue weighted by atomic mass is 9.86. The summed E-state index contributed by atoms with van der Waals surface area (Å²) in [7, 11) is 0. The van der Waals surface area contributed by atoms with Crippen molar-refractivity contribution in [3.8, 4) is 89.3 Å². The fraction of sp³-hybridized carbons (Fsp3) is 0. The van der Waals surface area contributed by atoms with Crippen molar-refractivity contribution >= 4 is 0 Å². The second-order valence-corrected chi connectivity index (χ2v) is 13.5.